The van der Waals surface area contributed by atoms with Crippen LogP contribution in [0.2, 0.25) is 0 Å². The number of carbonyl (C=O) groups excluding carboxylic acids is 1. The summed E-state index contributed by atoms with van der Waals surface area (Å²) < 4.78 is 33.2. The number of aromatic nitrogens is 2. The molecule has 2 aliphatic heterocycles. The van der Waals surface area contributed by atoms with E-state index in [1.807, 2.05) is 0 Å². The quantitative estimate of drug-likeness (QED) is 0.285. The summed E-state index contributed by atoms with van der Waals surface area (Å²) in [5.41, 5.74) is 3.03. The molecule has 0 saturated heterocycles. The Hall–Kier alpha value is -5.13. The Morgan fingerprint density at radius 1 is 1.05 bits per heavy atom. The number of carbonyl (C=O) groups is 1. The Labute approximate surface area is 213 Å². The molecule has 38 heavy (non-hydrogen) atoms. The second-order valence-electron chi connectivity index (χ2n) is 8.60. The minimum atomic E-state index is -3.06. The van der Waals surface area contributed by atoms with Gasteiger partial charge in [0.2, 0.25) is 5.84 Å². The van der Waals surface area contributed by atoms with E-state index in [0.717, 1.165) is 0 Å². The van der Waals surface area contributed by atoms with Gasteiger partial charge in [0.1, 0.15) is 5.75 Å². The molecule has 1 atom stereocenters. The van der Waals surface area contributed by atoms with Crippen molar-refractivity contribution in [2.45, 2.75) is 19.6 Å². The molecule has 12 heteroatoms. The number of para-hydroxylation sites is 3. The number of nitrogens with one attached hydrogen (secondary N) is 1. The molecule has 0 spiro atoms. The van der Waals surface area contributed by atoms with Crippen molar-refractivity contribution in [2.24, 2.45) is 4.99 Å². The number of alkyl halides is 2. The van der Waals surface area contributed by atoms with E-state index in [0.29, 0.717) is 39.7 Å². The number of hydrogen-bond donors (Lipinski definition) is 1. The lowest BCUT2D eigenvalue weighted by Gasteiger charge is -2.40. The van der Waals surface area contributed by atoms with E-state index in [4.69, 9.17) is 4.74 Å². The largest absolute Gasteiger partial charge is 0.434 e. The maximum absolute atomic E-state index is 13.4. The first-order valence-electron chi connectivity index (χ1n) is 11.5. The summed E-state index contributed by atoms with van der Waals surface area (Å²) >= 11 is 0. The van der Waals surface area contributed by atoms with E-state index in [-0.39, 0.29) is 17.3 Å². The van der Waals surface area contributed by atoms with Crippen LogP contribution in [0.25, 0.3) is 5.69 Å². The maximum atomic E-state index is 13.4. The predicted octanol–water partition coefficient (Wildman–Crippen LogP) is 5.28. The van der Waals surface area contributed by atoms with Crippen molar-refractivity contribution < 1.29 is 23.2 Å². The summed E-state index contributed by atoms with van der Waals surface area (Å²) in [7, 11) is 0. The summed E-state index contributed by atoms with van der Waals surface area (Å²) in [6.07, 6.45) is 0. The van der Waals surface area contributed by atoms with Crippen molar-refractivity contribution >= 4 is 34.6 Å². The highest BCUT2D eigenvalue weighted by Crippen LogP contribution is 2.49. The first-order valence-corrected chi connectivity index (χ1v) is 11.5. The van der Waals surface area contributed by atoms with Crippen molar-refractivity contribution in [1.82, 2.24) is 9.78 Å². The van der Waals surface area contributed by atoms with Crippen molar-refractivity contribution in [3.05, 3.63) is 99.7 Å². The van der Waals surface area contributed by atoms with Crippen LogP contribution in [0.15, 0.2) is 77.8 Å². The van der Waals surface area contributed by atoms with Gasteiger partial charge in [0.05, 0.1) is 33.7 Å². The zero-order valence-corrected chi connectivity index (χ0v) is 19.7. The van der Waals surface area contributed by atoms with Gasteiger partial charge in [-0.1, -0.05) is 30.3 Å². The van der Waals surface area contributed by atoms with Gasteiger partial charge in [0.25, 0.3) is 11.6 Å². The van der Waals surface area contributed by atoms with E-state index >= 15 is 0 Å². The van der Waals surface area contributed by atoms with E-state index in [1.165, 1.54) is 35.0 Å². The van der Waals surface area contributed by atoms with Crippen LogP contribution in [0.1, 0.15) is 22.9 Å². The normalized spacial score (nSPS) is 15.8. The van der Waals surface area contributed by atoms with Gasteiger partial charge in [-0.05, 0) is 37.3 Å². The van der Waals surface area contributed by atoms with Crippen molar-refractivity contribution in [3.8, 4) is 11.4 Å². The number of benzene rings is 3. The second-order valence-corrected chi connectivity index (χ2v) is 8.60. The number of aliphatic imine (C=N–C) groups is 1. The molecule has 0 radical (unpaired) electrons. The molecule has 4 aromatic rings. The Balaban J connectivity index is 1.62. The zero-order valence-electron chi connectivity index (χ0n) is 19.7. The van der Waals surface area contributed by atoms with Crippen molar-refractivity contribution in [2.75, 3.05) is 10.2 Å². The molecule has 190 valence electrons. The fourth-order valence-electron chi connectivity index (χ4n) is 4.84. The number of fused-ring (bicyclic) bond motifs is 4. The highest BCUT2D eigenvalue weighted by Gasteiger charge is 2.43. The Kier molecular flexibility index (Phi) is 5.37. The van der Waals surface area contributed by atoms with Crippen LogP contribution in [0.4, 0.5) is 31.7 Å². The zero-order chi connectivity index (χ0) is 26.6. The van der Waals surface area contributed by atoms with Crippen LogP contribution in [-0.2, 0) is 4.79 Å². The molecule has 1 N–H and O–H groups in total. The van der Waals surface area contributed by atoms with Gasteiger partial charge in [-0.15, -0.1) is 0 Å². The predicted molar refractivity (Wildman–Crippen MR) is 135 cm³/mol. The van der Waals surface area contributed by atoms with E-state index in [1.54, 1.807) is 54.3 Å². The van der Waals surface area contributed by atoms with E-state index in [2.05, 4.69) is 15.4 Å². The molecule has 2 aliphatic rings. The number of nitrogens with zero attached hydrogens (tertiary/aromatic N) is 5. The smallest absolute Gasteiger partial charge is 0.387 e. The lowest BCUT2D eigenvalue weighted by atomic mass is 9.92. The Morgan fingerprint density at radius 3 is 2.50 bits per heavy atom. The Bertz CT molecular complexity index is 1630. The summed E-state index contributed by atoms with van der Waals surface area (Å²) in [6, 6.07) is 18.4. The number of amidine groups is 1. The third kappa shape index (κ3) is 3.65. The third-order valence-electron chi connectivity index (χ3n) is 6.40. The number of nitro benzene ring substituents is 1. The van der Waals surface area contributed by atoms with Crippen LogP contribution in [0.5, 0.6) is 5.75 Å². The first-order chi connectivity index (χ1) is 18.3. The molecular formula is C26H18F2N6O4. The maximum Gasteiger partial charge on any atom is 0.387 e. The summed E-state index contributed by atoms with van der Waals surface area (Å²) in [6.45, 7) is -1.31. The van der Waals surface area contributed by atoms with Crippen LogP contribution in [0.3, 0.4) is 0 Å². The average molecular weight is 516 g/mol. The number of aryl methyl sites for hydroxylation is 1. The number of rotatable bonds is 5. The van der Waals surface area contributed by atoms with Crippen LogP contribution in [-0.4, -0.2) is 33.1 Å². The van der Waals surface area contributed by atoms with Gasteiger partial charge in [-0.2, -0.15) is 13.9 Å². The monoisotopic (exact) mass is 516 g/mol. The summed E-state index contributed by atoms with van der Waals surface area (Å²) in [4.78, 5) is 30.3. The van der Waals surface area contributed by atoms with Crippen molar-refractivity contribution in [3.63, 3.8) is 0 Å². The fraction of sp³-hybridized carbons (Fsp3) is 0.115. The van der Waals surface area contributed by atoms with Crippen molar-refractivity contribution in [1.29, 1.82) is 0 Å². The van der Waals surface area contributed by atoms with Crippen LogP contribution < -0.4 is 15.0 Å². The third-order valence-corrected chi connectivity index (χ3v) is 6.40. The number of amides is 1. The lowest BCUT2D eigenvalue weighted by molar-refractivity contribution is -0.384. The van der Waals surface area contributed by atoms with Gasteiger partial charge in [0, 0.05) is 23.3 Å². The van der Waals surface area contributed by atoms with Gasteiger partial charge in [0.15, 0.2) is 5.82 Å². The number of non-ortho nitro benzene ring substituents is 1. The minimum Gasteiger partial charge on any atom is -0.434 e. The van der Waals surface area contributed by atoms with Gasteiger partial charge >= 0.3 is 6.61 Å². The molecule has 0 aliphatic carbocycles. The van der Waals surface area contributed by atoms with Gasteiger partial charge in [-0.3, -0.25) is 14.9 Å². The molecule has 3 heterocycles. The number of hydrogen-bond acceptors (Lipinski definition) is 7. The molecule has 0 fully saturated rings. The molecule has 1 amide bonds. The molecule has 3 aromatic carbocycles. The highest BCUT2D eigenvalue weighted by atomic mass is 19.3. The second kappa shape index (κ2) is 8.76. The SMILES string of the molecule is Cc1nn(-c2ccc([N+](=O)[O-])cc2)c2c1[C@H](c1ccccc1OC(F)F)N1C(=N2)C(=O)Nc2ccccc21. The number of ether oxygens (including phenoxy) is 1. The van der Waals surface area contributed by atoms with Crippen LogP contribution in [0, 0.1) is 17.0 Å². The number of nitro groups is 1. The molecule has 0 unspecified atom stereocenters. The average Bonchev–Trinajstić information content (AvgIpc) is 3.24. The van der Waals surface area contributed by atoms with E-state index in [9.17, 15) is 23.7 Å². The standard InChI is InChI=1S/C26H18F2N6O4/c1-14-21-22(17-6-2-5-9-20(17)38-26(27)28)32-19-8-4-3-7-18(19)29-25(35)24(32)30-23(21)33(31-14)15-10-12-16(13-11-15)34(36)37/h2-13,22,26H,1H3,(H,29,35)/t22-/m0/s1. The Morgan fingerprint density at radius 2 is 1.76 bits per heavy atom. The lowest BCUT2D eigenvalue weighted by Crippen LogP contribution is -2.48. The minimum absolute atomic E-state index is 0.0381. The van der Waals surface area contributed by atoms with Gasteiger partial charge < -0.3 is 15.0 Å². The molecule has 0 saturated carbocycles. The number of anilines is 2. The topological polar surface area (TPSA) is 115 Å². The first kappa shape index (κ1) is 23.3. The summed E-state index contributed by atoms with van der Waals surface area (Å²) in [5, 5.41) is 18.6. The molecule has 6 rings (SSSR count). The van der Waals surface area contributed by atoms with E-state index < -0.39 is 23.5 Å². The molecular weight excluding hydrogens is 498 g/mol. The highest BCUT2D eigenvalue weighted by molar-refractivity contribution is 6.50. The summed E-state index contributed by atoms with van der Waals surface area (Å²) in [5.74, 6) is -0.198. The molecule has 1 aromatic heterocycles. The fourth-order valence-corrected chi connectivity index (χ4v) is 4.84. The molecule has 0 bridgehead atoms. The molecule has 10 nitrogen and oxygen atoms in total. The van der Waals surface area contributed by atoms with Crippen LogP contribution >= 0.6 is 0 Å². The van der Waals surface area contributed by atoms with Gasteiger partial charge in [-0.25, -0.2) is 9.67 Å². The number of halogens is 2.